The number of anilines is 1. The largest absolute Gasteiger partial charge is 0.355 e. The third-order valence-electron chi connectivity index (χ3n) is 5.16. The summed E-state index contributed by atoms with van der Waals surface area (Å²) in [5.41, 5.74) is 4.08. The van der Waals surface area contributed by atoms with Crippen LogP contribution < -0.4 is 10.6 Å². The van der Waals surface area contributed by atoms with Gasteiger partial charge in [0, 0.05) is 24.6 Å². The molecule has 1 aliphatic heterocycles. The number of para-hydroxylation sites is 1. The summed E-state index contributed by atoms with van der Waals surface area (Å²) < 4.78 is 1.84. The molecule has 0 bridgehead atoms. The van der Waals surface area contributed by atoms with Gasteiger partial charge in [0.05, 0.1) is 17.3 Å². The summed E-state index contributed by atoms with van der Waals surface area (Å²) >= 11 is 0. The molecule has 29 heavy (non-hydrogen) atoms. The van der Waals surface area contributed by atoms with Crippen LogP contribution in [0.3, 0.4) is 0 Å². The number of hydrogen-bond donors (Lipinski definition) is 2. The van der Waals surface area contributed by atoms with Crippen molar-refractivity contribution in [1.82, 2.24) is 15.1 Å². The van der Waals surface area contributed by atoms with Crippen LogP contribution in [-0.4, -0.2) is 28.1 Å². The summed E-state index contributed by atoms with van der Waals surface area (Å²) in [5.74, 6) is 0.240. The van der Waals surface area contributed by atoms with Crippen LogP contribution in [0.15, 0.2) is 60.7 Å². The summed E-state index contributed by atoms with van der Waals surface area (Å²) in [6, 6.07) is 20.1. The Labute approximate surface area is 169 Å². The van der Waals surface area contributed by atoms with E-state index in [0.29, 0.717) is 18.3 Å². The lowest BCUT2D eigenvalue weighted by molar-refractivity contribution is -0.123. The first-order valence-corrected chi connectivity index (χ1v) is 9.84. The molecule has 0 saturated carbocycles. The summed E-state index contributed by atoms with van der Waals surface area (Å²) in [6.45, 7) is 4.69. The molecule has 2 N–H and O–H groups in total. The third-order valence-corrected chi connectivity index (χ3v) is 5.16. The first-order chi connectivity index (χ1) is 14.0. The lowest BCUT2D eigenvalue weighted by atomic mass is 9.99. The van der Waals surface area contributed by atoms with Crippen LogP contribution in [0, 0.1) is 5.92 Å². The highest BCUT2D eigenvalue weighted by Gasteiger charge is 2.28. The van der Waals surface area contributed by atoms with Crippen LogP contribution in [0.5, 0.6) is 0 Å². The summed E-state index contributed by atoms with van der Waals surface area (Å²) in [4.78, 5) is 24.0. The maximum absolute atomic E-state index is 12.5. The van der Waals surface area contributed by atoms with Crippen LogP contribution >= 0.6 is 0 Å². The van der Waals surface area contributed by atoms with E-state index in [4.69, 9.17) is 0 Å². The summed E-state index contributed by atoms with van der Waals surface area (Å²) in [5, 5.41) is 10.2. The molecule has 1 aliphatic rings. The van der Waals surface area contributed by atoms with Gasteiger partial charge in [0.1, 0.15) is 0 Å². The van der Waals surface area contributed by atoms with Crippen molar-refractivity contribution < 1.29 is 9.59 Å². The topological polar surface area (TPSA) is 76.0 Å². The van der Waals surface area contributed by atoms with E-state index >= 15 is 0 Å². The second kappa shape index (κ2) is 7.91. The highest BCUT2D eigenvalue weighted by Crippen LogP contribution is 2.29. The molecule has 1 aromatic heterocycles. The molecule has 6 nitrogen and oxygen atoms in total. The van der Waals surface area contributed by atoms with Crippen molar-refractivity contribution in [3.05, 3.63) is 66.2 Å². The molecule has 2 amide bonds. The van der Waals surface area contributed by atoms with Gasteiger partial charge in [0.15, 0.2) is 5.82 Å². The lowest BCUT2D eigenvalue weighted by Crippen LogP contribution is -2.24. The molecule has 0 unspecified atom stereocenters. The zero-order valence-electron chi connectivity index (χ0n) is 16.6. The predicted octanol–water partition coefficient (Wildman–Crippen LogP) is 3.74. The highest BCUT2D eigenvalue weighted by molar-refractivity contribution is 5.97. The zero-order chi connectivity index (χ0) is 20.4. The third kappa shape index (κ3) is 4.06. The molecule has 148 valence electrons. The number of carbonyl (C=O) groups is 2. The Bertz CT molecular complexity index is 1040. The molecular formula is C23H24N4O2. The Morgan fingerprint density at radius 1 is 1.14 bits per heavy atom. The van der Waals surface area contributed by atoms with Gasteiger partial charge in [0.2, 0.25) is 11.8 Å². The van der Waals surface area contributed by atoms with Gasteiger partial charge in [-0.15, -0.1) is 5.10 Å². The SMILES string of the molecule is CC(C)c1cccc(-c2cc(NC(=O)[C@@H]3CNC(=O)C3)nn2-c2ccccc2)c1. The van der Waals surface area contributed by atoms with Crippen molar-refractivity contribution in [3.63, 3.8) is 0 Å². The first-order valence-electron chi connectivity index (χ1n) is 9.84. The molecule has 0 spiro atoms. The van der Waals surface area contributed by atoms with Crippen molar-refractivity contribution in [2.24, 2.45) is 5.92 Å². The minimum Gasteiger partial charge on any atom is -0.355 e. The maximum atomic E-state index is 12.5. The average molecular weight is 388 g/mol. The van der Waals surface area contributed by atoms with E-state index in [1.54, 1.807) is 0 Å². The Morgan fingerprint density at radius 2 is 1.93 bits per heavy atom. The number of rotatable bonds is 5. The fourth-order valence-corrected chi connectivity index (χ4v) is 3.49. The Balaban J connectivity index is 1.71. The van der Waals surface area contributed by atoms with Gasteiger partial charge in [-0.1, -0.05) is 50.2 Å². The van der Waals surface area contributed by atoms with Crippen LogP contribution in [-0.2, 0) is 9.59 Å². The van der Waals surface area contributed by atoms with Crippen LogP contribution in [0.2, 0.25) is 0 Å². The van der Waals surface area contributed by atoms with E-state index in [0.717, 1.165) is 16.9 Å². The Morgan fingerprint density at radius 3 is 2.62 bits per heavy atom. The fourth-order valence-electron chi connectivity index (χ4n) is 3.49. The van der Waals surface area contributed by atoms with Crippen LogP contribution in [0.1, 0.15) is 31.7 Å². The van der Waals surface area contributed by atoms with E-state index in [-0.39, 0.29) is 24.2 Å². The van der Waals surface area contributed by atoms with E-state index in [1.165, 1.54) is 5.56 Å². The number of amides is 2. The van der Waals surface area contributed by atoms with Gasteiger partial charge in [-0.2, -0.15) is 0 Å². The summed E-state index contributed by atoms with van der Waals surface area (Å²) in [6.07, 6.45) is 0.217. The number of nitrogens with one attached hydrogen (secondary N) is 2. The van der Waals surface area contributed by atoms with Gasteiger partial charge >= 0.3 is 0 Å². The standard InChI is InChI=1S/C23H24N4O2/c1-15(2)16-7-6-8-17(11-16)20-13-21(25-23(29)18-12-22(28)24-14-18)26-27(20)19-9-4-3-5-10-19/h3-11,13,15,18H,12,14H2,1-2H3,(H,24,28)(H,25,26,29)/t18-/m0/s1. The number of hydrogen-bond acceptors (Lipinski definition) is 3. The zero-order valence-corrected chi connectivity index (χ0v) is 16.6. The molecule has 1 fully saturated rings. The highest BCUT2D eigenvalue weighted by atomic mass is 16.2. The molecule has 4 rings (SSSR count). The average Bonchev–Trinajstić information content (AvgIpc) is 3.35. The van der Waals surface area contributed by atoms with Crippen molar-refractivity contribution in [1.29, 1.82) is 0 Å². The van der Waals surface area contributed by atoms with Gasteiger partial charge < -0.3 is 10.6 Å². The smallest absolute Gasteiger partial charge is 0.230 e. The lowest BCUT2D eigenvalue weighted by Gasteiger charge is -2.10. The second-order valence-electron chi connectivity index (χ2n) is 7.64. The minimum atomic E-state index is -0.364. The van der Waals surface area contributed by atoms with Crippen LogP contribution in [0.25, 0.3) is 16.9 Å². The number of benzene rings is 2. The maximum Gasteiger partial charge on any atom is 0.230 e. The van der Waals surface area contributed by atoms with Crippen molar-refractivity contribution in [3.8, 4) is 16.9 Å². The second-order valence-corrected chi connectivity index (χ2v) is 7.64. The summed E-state index contributed by atoms with van der Waals surface area (Å²) in [7, 11) is 0. The Kier molecular flexibility index (Phi) is 5.16. The Hall–Kier alpha value is -3.41. The van der Waals surface area contributed by atoms with Crippen LogP contribution in [0.4, 0.5) is 5.82 Å². The molecule has 2 heterocycles. The van der Waals surface area contributed by atoms with E-state index in [1.807, 2.05) is 53.2 Å². The normalized spacial score (nSPS) is 16.1. The van der Waals surface area contributed by atoms with E-state index in [2.05, 4.69) is 41.7 Å². The minimum absolute atomic E-state index is 0.0915. The molecule has 1 atom stereocenters. The van der Waals surface area contributed by atoms with E-state index in [9.17, 15) is 9.59 Å². The van der Waals surface area contributed by atoms with Gasteiger partial charge in [-0.3, -0.25) is 9.59 Å². The van der Waals surface area contributed by atoms with Crippen molar-refractivity contribution in [2.75, 3.05) is 11.9 Å². The predicted molar refractivity (Wildman–Crippen MR) is 113 cm³/mol. The molecule has 3 aromatic rings. The number of carbonyl (C=O) groups excluding carboxylic acids is 2. The molecule has 2 aromatic carbocycles. The fraction of sp³-hybridized carbons (Fsp3) is 0.261. The van der Waals surface area contributed by atoms with Gasteiger partial charge in [-0.25, -0.2) is 4.68 Å². The van der Waals surface area contributed by atoms with E-state index < -0.39 is 0 Å². The van der Waals surface area contributed by atoms with Crippen molar-refractivity contribution >= 4 is 17.6 Å². The molecule has 6 heteroatoms. The quantitative estimate of drug-likeness (QED) is 0.699. The number of nitrogens with zero attached hydrogens (tertiary/aromatic N) is 2. The molecule has 0 aliphatic carbocycles. The number of aromatic nitrogens is 2. The molecule has 0 radical (unpaired) electrons. The first kappa shape index (κ1) is 18.9. The monoisotopic (exact) mass is 388 g/mol. The molecule has 1 saturated heterocycles. The van der Waals surface area contributed by atoms with Crippen molar-refractivity contribution in [2.45, 2.75) is 26.2 Å². The van der Waals surface area contributed by atoms with Gasteiger partial charge in [0.25, 0.3) is 0 Å². The van der Waals surface area contributed by atoms with Gasteiger partial charge in [-0.05, 0) is 29.7 Å². The molecular weight excluding hydrogens is 364 g/mol.